The molecule has 128 valence electrons. The van der Waals surface area contributed by atoms with Crippen LogP contribution in [-0.2, 0) is 4.79 Å². The number of thiocarbonyl (C=S) groups is 1. The van der Waals surface area contributed by atoms with E-state index in [0.29, 0.717) is 19.9 Å². The number of nitrogens with zero attached hydrogens (tertiary/aromatic N) is 2. The molecule has 0 aliphatic carbocycles. The van der Waals surface area contributed by atoms with Gasteiger partial charge in [-0.3, -0.25) is 14.7 Å². The molecule has 4 rings (SSSR count). The van der Waals surface area contributed by atoms with Crippen molar-refractivity contribution in [2.75, 3.05) is 4.90 Å². The molecular weight excluding hydrogens is 404 g/mol. The van der Waals surface area contributed by atoms with E-state index in [4.69, 9.17) is 23.8 Å². The van der Waals surface area contributed by atoms with Gasteiger partial charge in [0.05, 0.1) is 16.8 Å². The van der Waals surface area contributed by atoms with Gasteiger partial charge in [0.2, 0.25) is 0 Å². The highest BCUT2D eigenvalue weighted by molar-refractivity contribution is 8.27. The van der Waals surface area contributed by atoms with Crippen LogP contribution in [0.1, 0.15) is 4.88 Å². The van der Waals surface area contributed by atoms with Gasteiger partial charge >= 0.3 is 0 Å². The minimum atomic E-state index is -0.124. The lowest BCUT2D eigenvalue weighted by molar-refractivity contribution is -0.113. The number of anilines is 1. The topological polar surface area (TPSA) is 33.2 Å². The minimum absolute atomic E-state index is 0.124. The first-order chi connectivity index (χ1) is 12.6. The molecule has 0 saturated carbocycles. The summed E-state index contributed by atoms with van der Waals surface area (Å²) in [5, 5.41) is 0.712. The zero-order chi connectivity index (χ0) is 18.1. The van der Waals surface area contributed by atoms with Crippen LogP contribution >= 0.6 is 46.9 Å². The van der Waals surface area contributed by atoms with E-state index in [-0.39, 0.29) is 5.91 Å². The van der Waals surface area contributed by atoms with Gasteiger partial charge in [-0.25, -0.2) is 0 Å². The summed E-state index contributed by atoms with van der Waals surface area (Å²) >= 11 is 14.5. The second-order valence-electron chi connectivity index (χ2n) is 5.41. The predicted molar refractivity (Wildman–Crippen MR) is 115 cm³/mol. The molecule has 0 N–H and O–H groups in total. The molecule has 3 aromatic rings. The highest BCUT2D eigenvalue weighted by Crippen LogP contribution is 2.38. The summed E-state index contributed by atoms with van der Waals surface area (Å²) in [5.41, 5.74) is 1.67. The van der Waals surface area contributed by atoms with Crippen LogP contribution in [0, 0.1) is 0 Å². The van der Waals surface area contributed by atoms with Crippen molar-refractivity contribution in [3.63, 3.8) is 0 Å². The SMILES string of the molecule is O=C1/C(=C\c2ccc(-c3ccccc3Cl)s2)SC(=S)N1c1cccnc1. The van der Waals surface area contributed by atoms with Crippen LogP contribution in [0.3, 0.4) is 0 Å². The van der Waals surface area contributed by atoms with Crippen molar-refractivity contribution < 1.29 is 4.79 Å². The summed E-state index contributed by atoms with van der Waals surface area (Å²) in [6, 6.07) is 15.3. The summed E-state index contributed by atoms with van der Waals surface area (Å²) < 4.78 is 0.511. The summed E-state index contributed by atoms with van der Waals surface area (Å²) in [6.07, 6.45) is 5.17. The van der Waals surface area contributed by atoms with Crippen molar-refractivity contribution in [3.8, 4) is 10.4 Å². The van der Waals surface area contributed by atoms with Gasteiger partial charge < -0.3 is 0 Å². The molecule has 7 heteroatoms. The molecule has 0 spiro atoms. The molecule has 3 nitrogen and oxygen atoms in total. The van der Waals surface area contributed by atoms with Crippen molar-refractivity contribution in [1.82, 2.24) is 4.98 Å². The molecule has 0 atom stereocenters. The molecular formula is C19H11ClN2OS3. The number of benzene rings is 1. The monoisotopic (exact) mass is 414 g/mol. The molecule has 0 bridgehead atoms. The fourth-order valence-corrected chi connectivity index (χ4v) is 5.19. The van der Waals surface area contributed by atoms with Crippen LogP contribution in [0.15, 0.2) is 65.8 Å². The van der Waals surface area contributed by atoms with Crippen molar-refractivity contribution in [2.45, 2.75) is 0 Å². The zero-order valence-electron chi connectivity index (χ0n) is 13.3. The quantitative estimate of drug-likeness (QED) is 0.396. The lowest BCUT2D eigenvalue weighted by Crippen LogP contribution is -2.27. The third-order valence-electron chi connectivity index (χ3n) is 3.74. The number of carbonyl (C=O) groups excluding carboxylic acids is 1. The first kappa shape index (κ1) is 17.4. The predicted octanol–water partition coefficient (Wildman–Crippen LogP) is 5.87. The van der Waals surface area contributed by atoms with E-state index in [0.717, 1.165) is 15.3 Å². The number of rotatable bonds is 3. The van der Waals surface area contributed by atoms with E-state index in [1.807, 2.05) is 48.5 Å². The number of aromatic nitrogens is 1. The van der Waals surface area contributed by atoms with Gasteiger partial charge in [0, 0.05) is 26.5 Å². The van der Waals surface area contributed by atoms with Crippen LogP contribution in [0.4, 0.5) is 5.69 Å². The Bertz CT molecular complexity index is 1030. The van der Waals surface area contributed by atoms with E-state index in [9.17, 15) is 4.79 Å². The molecule has 1 aliphatic heterocycles. The molecule has 0 unspecified atom stereocenters. The Morgan fingerprint density at radius 2 is 1.96 bits per heavy atom. The highest BCUT2D eigenvalue weighted by atomic mass is 35.5. The van der Waals surface area contributed by atoms with Gasteiger partial charge in [-0.15, -0.1) is 11.3 Å². The van der Waals surface area contributed by atoms with E-state index in [1.54, 1.807) is 29.8 Å². The van der Waals surface area contributed by atoms with Crippen molar-refractivity contribution >= 4 is 68.9 Å². The van der Waals surface area contributed by atoms with Crippen molar-refractivity contribution in [2.24, 2.45) is 0 Å². The number of thioether (sulfide) groups is 1. The van der Waals surface area contributed by atoms with E-state index < -0.39 is 0 Å². The van der Waals surface area contributed by atoms with Crippen LogP contribution in [0.5, 0.6) is 0 Å². The Kier molecular flexibility index (Phi) is 4.91. The molecule has 1 saturated heterocycles. The number of thiophene rings is 1. The maximum atomic E-state index is 12.8. The average Bonchev–Trinajstić information content (AvgIpc) is 3.21. The fraction of sp³-hybridized carbons (Fsp3) is 0. The molecule has 2 aromatic heterocycles. The van der Waals surface area contributed by atoms with Crippen molar-refractivity contribution in [3.05, 3.63) is 75.7 Å². The summed E-state index contributed by atoms with van der Waals surface area (Å²) in [5.74, 6) is -0.124. The van der Waals surface area contributed by atoms with Gasteiger partial charge in [0.25, 0.3) is 5.91 Å². The van der Waals surface area contributed by atoms with Gasteiger partial charge in [0.15, 0.2) is 4.32 Å². The first-order valence-electron chi connectivity index (χ1n) is 7.66. The first-order valence-corrected chi connectivity index (χ1v) is 10.1. The van der Waals surface area contributed by atoms with Gasteiger partial charge in [0.1, 0.15) is 0 Å². The standard InChI is InChI=1S/C19H11ClN2OS3/c20-15-6-2-1-5-14(15)16-8-7-13(25-16)10-17-18(23)22(19(24)26-17)12-4-3-9-21-11-12/h1-11H/b17-10+. The number of amides is 1. The number of hydrogen-bond donors (Lipinski definition) is 0. The number of carbonyl (C=O) groups is 1. The second kappa shape index (κ2) is 7.32. The Morgan fingerprint density at radius 1 is 1.12 bits per heavy atom. The molecule has 3 heterocycles. The maximum absolute atomic E-state index is 12.8. The van der Waals surface area contributed by atoms with Gasteiger partial charge in [-0.2, -0.15) is 0 Å². The summed E-state index contributed by atoms with van der Waals surface area (Å²) in [4.78, 5) is 21.0. The number of pyridine rings is 1. The summed E-state index contributed by atoms with van der Waals surface area (Å²) in [7, 11) is 0. The van der Waals surface area contributed by atoms with Gasteiger partial charge in [-0.05, 0) is 36.4 Å². The molecule has 1 aromatic carbocycles. The summed E-state index contributed by atoms with van der Waals surface area (Å²) in [6.45, 7) is 0. The maximum Gasteiger partial charge on any atom is 0.270 e. The van der Waals surface area contributed by atoms with Crippen LogP contribution in [0.2, 0.25) is 5.02 Å². The average molecular weight is 415 g/mol. The Balaban J connectivity index is 1.63. The molecule has 1 amide bonds. The largest absolute Gasteiger partial charge is 0.270 e. The molecule has 26 heavy (non-hydrogen) atoms. The minimum Gasteiger partial charge on any atom is -0.268 e. The van der Waals surface area contributed by atoms with Gasteiger partial charge in [-0.1, -0.05) is 53.8 Å². The fourth-order valence-electron chi connectivity index (χ4n) is 2.54. The third-order valence-corrected chi connectivity index (χ3v) is 6.43. The van der Waals surface area contributed by atoms with E-state index >= 15 is 0 Å². The number of hydrogen-bond acceptors (Lipinski definition) is 5. The number of halogens is 1. The molecule has 1 aliphatic rings. The van der Waals surface area contributed by atoms with E-state index in [1.165, 1.54) is 16.7 Å². The normalized spacial score (nSPS) is 15.9. The second-order valence-corrected chi connectivity index (χ2v) is 8.61. The molecule has 1 fully saturated rings. The Hall–Kier alpha value is -1.99. The Morgan fingerprint density at radius 3 is 2.73 bits per heavy atom. The lowest BCUT2D eigenvalue weighted by Gasteiger charge is -2.13. The van der Waals surface area contributed by atoms with Crippen molar-refractivity contribution in [1.29, 1.82) is 0 Å². The molecule has 0 radical (unpaired) electrons. The Labute approximate surface area is 169 Å². The zero-order valence-corrected chi connectivity index (χ0v) is 16.5. The van der Waals surface area contributed by atoms with Crippen LogP contribution < -0.4 is 4.90 Å². The van der Waals surface area contributed by atoms with Crippen LogP contribution in [0.25, 0.3) is 16.5 Å². The lowest BCUT2D eigenvalue weighted by atomic mass is 10.2. The highest BCUT2D eigenvalue weighted by Gasteiger charge is 2.33. The van der Waals surface area contributed by atoms with Crippen LogP contribution in [-0.4, -0.2) is 15.2 Å². The van der Waals surface area contributed by atoms with E-state index in [2.05, 4.69) is 4.98 Å². The smallest absolute Gasteiger partial charge is 0.268 e. The third kappa shape index (κ3) is 3.33.